The standard InChI is InChI=1S/C14H22O4/c1-4-5-6-12-9-13(17-10(2)15)7-8-14(12)18-11(3)16/h9,13-14H,4-8H2,1-3H3/t13-,14-/m1/s1. The van der Waals surface area contributed by atoms with E-state index >= 15 is 0 Å². The van der Waals surface area contributed by atoms with E-state index in [9.17, 15) is 9.59 Å². The summed E-state index contributed by atoms with van der Waals surface area (Å²) in [5.41, 5.74) is 1.09. The van der Waals surface area contributed by atoms with Crippen molar-refractivity contribution in [3.8, 4) is 0 Å². The summed E-state index contributed by atoms with van der Waals surface area (Å²) in [5, 5.41) is 0. The van der Waals surface area contributed by atoms with Gasteiger partial charge in [-0.2, -0.15) is 0 Å². The first-order chi connectivity index (χ1) is 8.52. The predicted octanol–water partition coefficient (Wildman–Crippen LogP) is 2.76. The number of hydrogen-bond acceptors (Lipinski definition) is 4. The van der Waals surface area contributed by atoms with E-state index in [1.54, 1.807) is 0 Å². The second-order valence-electron chi connectivity index (χ2n) is 4.67. The number of unbranched alkanes of at least 4 members (excludes halogenated alkanes) is 1. The van der Waals surface area contributed by atoms with Crippen LogP contribution in [0.3, 0.4) is 0 Å². The maximum atomic E-state index is 11.1. The summed E-state index contributed by atoms with van der Waals surface area (Å²) >= 11 is 0. The maximum absolute atomic E-state index is 11.1. The lowest BCUT2D eigenvalue weighted by atomic mass is 9.91. The quantitative estimate of drug-likeness (QED) is 0.559. The molecule has 0 radical (unpaired) electrons. The summed E-state index contributed by atoms with van der Waals surface area (Å²) in [6.45, 7) is 4.96. The number of esters is 2. The van der Waals surface area contributed by atoms with Crippen molar-refractivity contribution in [3.63, 3.8) is 0 Å². The van der Waals surface area contributed by atoms with Crippen LogP contribution >= 0.6 is 0 Å². The second-order valence-corrected chi connectivity index (χ2v) is 4.67. The highest BCUT2D eigenvalue weighted by atomic mass is 16.5. The average Bonchev–Trinajstić information content (AvgIpc) is 2.27. The first kappa shape index (κ1) is 14.7. The maximum Gasteiger partial charge on any atom is 0.303 e. The van der Waals surface area contributed by atoms with Crippen LogP contribution in [-0.4, -0.2) is 24.1 Å². The van der Waals surface area contributed by atoms with Crippen LogP contribution in [0, 0.1) is 0 Å². The number of carbonyl (C=O) groups is 2. The van der Waals surface area contributed by atoms with E-state index in [-0.39, 0.29) is 24.1 Å². The third-order valence-corrected chi connectivity index (χ3v) is 2.97. The molecule has 0 saturated carbocycles. The molecule has 0 unspecified atom stereocenters. The Labute approximate surface area is 108 Å². The monoisotopic (exact) mass is 254 g/mol. The van der Waals surface area contributed by atoms with Crippen LogP contribution in [0.5, 0.6) is 0 Å². The molecule has 0 bridgehead atoms. The Morgan fingerprint density at radius 1 is 1.22 bits per heavy atom. The Kier molecular flexibility index (Phi) is 5.89. The molecule has 1 aliphatic rings. The van der Waals surface area contributed by atoms with Crippen LogP contribution in [0.1, 0.15) is 52.9 Å². The van der Waals surface area contributed by atoms with Crippen molar-refractivity contribution < 1.29 is 19.1 Å². The molecule has 0 amide bonds. The van der Waals surface area contributed by atoms with Gasteiger partial charge in [0.25, 0.3) is 0 Å². The predicted molar refractivity (Wildman–Crippen MR) is 68.0 cm³/mol. The normalized spacial score (nSPS) is 23.2. The van der Waals surface area contributed by atoms with E-state index in [1.165, 1.54) is 13.8 Å². The molecule has 102 valence electrons. The molecule has 0 fully saturated rings. The lowest BCUT2D eigenvalue weighted by Crippen LogP contribution is -2.28. The average molecular weight is 254 g/mol. The van der Waals surface area contributed by atoms with Crippen LogP contribution in [-0.2, 0) is 19.1 Å². The molecular weight excluding hydrogens is 232 g/mol. The van der Waals surface area contributed by atoms with Gasteiger partial charge in [-0.05, 0) is 37.3 Å². The van der Waals surface area contributed by atoms with Gasteiger partial charge in [-0.15, -0.1) is 0 Å². The molecule has 2 atom stereocenters. The van der Waals surface area contributed by atoms with Crippen LogP contribution in [0.25, 0.3) is 0 Å². The van der Waals surface area contributed by atoms with E-state index in [0.717, 1.165) is 31.3 Å². The highest BCUT2D eigenvalue weighted by molar-refractivity contribution is 5.67. The second kappa shape index (κ2) is 7.19. The van der Waals surface area contributed by atoms with E-state index in [0.29, 0.717) is 6.42 Å². The minimum absolute atomic E-state index is 0.138. The van der Waals surface area contributed by atoms with Crippen molar-refractivity contribution >= 4 is 11.9 Å². The zero-order valence-corrected chi connectivity index (χ0v) is 11.4. The van der Waals surface area contributed by atoms with Gasteiger partial charge in [-0.3, -0.25) is 9.59 Å². The molecule has 4 heteroatoms. The fraction of sp³-hybridized carbons (Fsp3) is 0.714. The van der Waals surface area contributed by atoms with Gasteiger partial charge in [0.15, 0.2) is 0 Å². The first-order valence-electron chi connectivity index (χ1n) is 6.58. The summed E-state index contributed by atoms with van der Waals surface area (Å²) in [4.78, 5) is 22.0. The summed E-state index contributed by atoms with van der Waals surface area (Å²) in [6, 6.07) is 0. The number of carbonyl (C=O) groups excluding carboxylic acids is 2. The lowest BCUT2D eigenvalue weighted by Gasteiger charge is -2.28. The molecule has 1 rings (SSSR count). The molecule has 0 aromatic heterocycles. The molecule has 0 aromatic carbocycles. The Morgan fingerprint density at radius 3 is 2.44 bits per heavy atom. The van der Waals surface area contributed by atoms with Crippen LogP contribution in [0.4, 0.5) is 0 Å². The van der Waals surface area contributed by atoms with Gasteiger partial charge in [0.05, 0.1) is 0 Å². The molecule has 1 aliphatic carbocycles. The fourth-order valence-corrected chi connectivity index (χ4v) is 2.20. The highest BCUT2D eigenvalue weighted by Gasteiger charge is 2.26. The van der Waals surface area contributed by atoms with Gasteiger partial charge in [0.2, 0.25) is 0 Å². The summed E-state index contributed by atoms with van der Waals surface area (Å²) in [6.07, 6.45) is 6.13. The van der Waals surface area contributed by atoms with Crippen molar-refractivity contribution in [2.45, 2.75) is 65.1 Å². The Hall–Kier alpha value is -1.32. The fourth-order valence-electron chi connectivity index (χ4n) is 2.20. The van der Waals surface area contributed by atoms with Gasteiger partial charge < -0.3 is 9.47 Å². The molecule has 0 heterocycles. The lowest BCUT2D eigenvalue weighted by molar-refractivity contribution is -0.149. The van der Waals surface area contributed by atoms with Crippen LogP contribution in [0.2, 0.25) is 0 Å². The molecular formula is C14H22O4. The summed E-state index contributed by atoms with van der Waals surface area (Å²) in [5.74, 6) is -0.523. The zero-order chi connectivity index (χ0) is 13.5. The molecule has 0 saturated heterocycles. The van der Waals surface area contributed by atoms with Crippen LogP contribution < -0.4 is 0 Å². The van der Waals surface area contributed by atoms with E-state index in [4.69, 9.17) is 9.47 Å². The van der Waals surface area contributed by atoms with Crippen molar-refractivity contribution in [1.29, 1.82) is 0 Å². The largest absolute Gasteiger partial charge is 0.458 e. The minimum Gasteiger partial charge on any atom is -0.458 e. The first-order valence-corrected chi connectivity index (χ1v) is 6.58. The number of rotatable bonds is 5. The van der Waals surface area contributed by atoms with Gasteiger partial charge >= 0.3 is 11.9 Å². The molecule has 0 aromatic rings. The van der Waals surface area contributed by atoms with Crippen molar-refractivity contribution in [2.75, 3.05) is 0 Å². The summed E-state index contributed by atoms with van der Waals surface area (Å²) < 4.78 is 10.5. The third kappa shape index (κ3) is 4.90. The van der Waals surface area contributed by atoms with Crippen molar-refractivity contribution in [2.24, 2.45) is 0 Å². The van der Waals surface area contributed by atoms with Crippen LogP contribution in [0.15, 0.2) is 11.6 Å². The highest BCUT2D eigenvalue weighted by Crippen LogP contribution is 2.27. The molecule has 4 nitrogen and oxygen atoms in total. The summed E-state index contributed by atoms with van der Waals surface area (Å²) in [7, 11) is 0. The van der Waals surface area contributed by atoms with Gasteiger partial charge in [0, 0.05) is 13.8 Å². The van der Waals surface area contributed by atoms with E-state index in [1.807, 2.05) is 6.08 Å². The van der Waals surface area contributed by atoms with Gasteiger partial charge in [0.1, 0.15) is 12.2 Å². The van der Waals surface area contributed by atoms with Crippen molar-refractivity contribution in [1.82, 2.24) is 0 Å². The van der Waals surface area contributed by atoms with E-state index in [2.05, 4.69) is 6.92 Å². The number of hydrogen-bond donors (Lipinski definition) is 0. The van der Waals surface area contributed by atoms with E-state index < -0.39 is 0 Å². The third-order valence-electron chi connectivity index (χ3n) is 2.97. The van der Waals surface area contributed by atoms with Gasteiger partial charge in [-0.1, -0.05) is 13.3 Å². The Bertz CT molecular complexity index is 333. The Balaban J connectivity index is 2.70. The molecule has 0 spiro atoms. The Morgan fingerprint density at radius 2 is 1.89 bits per heavy atom. The zero-order valence-electron chi connectivity index (χ0n) is 11.4. The van der Waals surface area contributed by atoms with Crippen molar-refractivity contribution in [3.05, 3.63) is 11.6 Å². The molecule has 18 heavy (non-hydrogen) atoms. The smallest absolute Gasteiger partial charge is 0.303 e. The van der Waals surface area contributed by atoms with Gasteiger partial charge in [-0.25, -0.2) is 0 Å². The molecule has 0 aliphatic heterocycles. The topological polar surface area (TPSA) is 52.6 Å². The molecule has 0 N–H and O–H groups in total. The minimum atomic E-state index is -0.267. The number of ether oxygens (including phenoxy) is 2. The SMILES string of the molecule is CCCCC1=C[C@H](OC(C)=O)CC[C@H]1OC(C)=O.